The van der Waals surface area contributed by atoms with Crippen molar-refractivity contribution in [2.45, 2.75) is 0 Å². The van der Waals surface area contributed by atoms with Crippen LogP contribution in [0.3, 0.4) is 0 Å². The van der Waals surface area contributed by atoms with Gasteiger partial charge in [-0.05, 0) is 0 Å². The van der Waals surface area contributed by atoms with Crippen molar-refractivity contribution in [3.63, 3.8) is 0 Å². The molecule has 5 heavy (non-hydrogen) atoms. The van der Waals surface area contributed by atoms with Crippen molar-refractivity contribution in [3.8, 4) is 0 Å². The quantitative estimate of drug-likeness (QED) is 0.517. The first-order valence-electron chi connectivity index (χ1n) is 0.559. The van der Waals surface area contributed by atoms with Crippen LogP contribution in [0.15, 0.2) is 0 Å². The molecule has 0 aromatic carbocycles. The van der Waals surface area contributed by atoms with Gasteiger partial charge in [0.2, 0.25) is 0 Å². The third kappa shape index (κ3) is 47.7. The Balaban J connectivity index is 0. The van der Waals surface area contributed by atoms with E-state index in [1.54, 1.807) is 0 Å². The molecule has 0 aromatic rings. The van der Waals surface area contributed by atoms with Gasteiger partial charge in [-0.1, -0.05) is 0 Å². The van der Waals surface area contributed by atoms with Crippen molar-refractivity contribution in [3.05, 3.63) is 0 Å². The minimum Gasteiger partial charge on any atom is 1.00 e. The summed E-state index contributed by atoms with van der Waals surface area (Å²) in [5, 5.41) is 8.80. The number of carbonyl (C=O) groups is 1. The topological polar surface area (TPSA) is 40.1 Å². The summed E-state index contributed by atoms with van der Waals surface area (Å²) >= 11 is 2.09. The van der Waals surface area contributed by atoms with Crippen LogP contribution in [-0.2, 0) is 43.4 Å². The molecule has 0 spiro atoms. The molecule has 0 amide bonds. The number of carbonyl (C=O) groups excluding carboxylic acids is 1. The third-order valence-corrected chi connectivity index (χ3v) is 0. The van der Waals surface area contributed by atoms with E-state index in [0.717, 1.165) is 0 Å². The normalized spacial score (nSPS) is 5.20. The Labute approximate surface area is 57.4 Å². The minimum absolute atomic E-state index is 0. The molecule has 4 heteroatoms. The standard InChI is InChI=1S/CO2.2Ag/c2-1-3;;/q-1;;+1. The maximum atomic E-state index is 8.80. The van der Waals surface area contributed by atoms with Crippen LogP contribution in [0.5, 0.6) is 0 Å². The van der Waals surface area contributed by atoms with Crippen LogP contribution in [0, 0.1) is 0 Å². The molecule has 0 radical (unpaired) electrons. The predicted molar refractivity (Wildman–Crippen MR) is 5.40 cm³/mol. The molecule has 0 fully saturated rings. The first-order valence-corrected chi connectivity index (χ1v) is 1.30. The average Bonchev–Trinajstić information content (AvgIpc) is 0.811. The number of rotatable bonds is 0. The van der Waals surface area contributed by atoms with Crippen LogP contribution in [-0.4, -0.2) is 4.19 Å². The van der Waals surface area contributed by atoms with Crippen molar-refractivity contribution >= 4 is 4.19 Å². The third-order valence-electron chi connectivity index (χ3n) is 0. The average molecular weight is 260 g/mol. The van der Waals surface area contributed by atoms with Gasteiger partial charge >= 0.3 is 57.5 Å². The molecular weight excluding hydrogens is 260 g/mol. The fourth-order valence-electron chi connectivity index (χ4n) is 0. The molecule has 38 valence electrons. The molecule has 0 aliphatic rings. The van der Waals surface area contributed by atoms with Gasteiger partial charge in [-0.3, -0.25) is 0 Å². The second-order valence-corrected chi connectivity index (χ2v) is 0.812. The van der Waals surface area contributed by atoms with E-state index in [0.29, 0.717) is 0 Å². The molecule has 0 saturated carbocycles. The van der Waals surface area contributed by atoms with Gasteiger partial charge in [0.05, 0.1) is 0 Å². The van der Waals surface area contributed by atoms with E-state index in [2.05, 4.69) is 21.1 Å². The molecule has 0 heterocycles. The van der Waals surface area contributed by atoms with Crippen molar-refractivity contribution in [2.75, 3.05) is 0 Å². The summed E-state index contributed by atoms with van der Waals surface area (Å²) in [6.45, 7) is 0. The summed E-state index contributed by atoms with van der Waals surface area (Å²) in [4.78, 5) is 8.80. The van der Waals surface area contributed by atoms with E-state index in [-0.39, 0.29) is 22.4 Å². The van der Waals surface area contributed by atoms with E-state index < -0.39 is 4.19 Å². The Morgan fingerprint density at radius 2 is 1.80 bits per heavy atom. The van der Waals surface area contributed by atoms with Gasteiger partial charge in [0.25, 0.3) is 0 Å². The van der Waals surface area contributed by atoms with Crippen LogP contribution in [0.4, 0.5) is 4.79 Å². The van der Waals surface area contributed by atoms with Crippen molar-refractivity contribution < 1.29 is 53.3 Å². The van der Waals surface area contributed by atoms with Gasteiger partial charge < -0.3 is 0 Å². The second-order valence-electron chi connectivity index (χ2n) is 0.206. The molecule has 2 nitrogen and oxygen atoms in total. The Bertz CT molecular complexity index is 30.6. The predicted octanol–water partition coefficient (Wildman–Crippen LogP) is -1.13. The van der Waals surface area contributed by atoms with Crippen molar-refractivity contribution in [1.29, 1.82) is 0 Å². The van der Waals surface area contributed by atoms with Crippen LogP contribution < -0.4 is 5.11 Å². The Morgan fingerprint density at radius 3 is 1.80 bits per heavy atom. The van der Waals surface area contributed by atoms with Crippen molar-refractivity contribution in [1.82, 2.24) is 0 Å². The van der Waals surface area contributed by atoms with Gasteiger partial charge in [0.15, 0.2) is 0 Å². The van der Waals surface area contributed by atoms with Gasteiger partial charge in [-0.2, -0.15) is 0 Å². The van der Waals surface area contributed by atoms with E-state index in [1.807, 2.05) is 0 Å². The smallest absolute Gasteiger partial charge is 1.00 e. The zero-order chi connectivity index (χ0) is 3.58. The summed E-state index contributed by atoms with van der Waals surface area (Å²) in [7, 11) is 0. The Hall–Kier alpha value is 0.951. The Kier molecular flexibility index (Phi) is 9.25. The summed E-state index contributed by atoms with van der Waals surface area (Å²) in [5.74, 6) is 0. The molecule has 0 aromatic heterocycles. The van der Waals surface area contributed by atoms with Gasteiger partial charge in [0.1, 0.15) is 0 Å². The van der Waals surface area contributed by atoms with Crippen LogP contribution in [0.25, 0.3) is 0 Å². The second kappa shape index (κ2) is 4.95. The zero-order valence-corrected chi connectivity index (χ0v) is 4.88. The monoisotopic (exact) mass is 258 g/mol. The molecule has 0 unspecified atom stereocenters. The van der Waals surface area contributed by atoms with Gasteiger partial charge in [-0.15, -0.1) is 0 Å². The maximum absolute atomic E-state index is 8.80. The van der Waals surface area contributed by atoms with Gasteiger partial charge in [0, 0.05) is 0 Å². The van der Waals surface area contributed by atoms with E-state index in [9.17, 15) is 0 Å². The first kappa shape index (κ1) is 9.34. The fourth-order valence-corrected chi connectivity index (χ4v) is 0. The molecule has 0 bridgehead atoms. The Morgan fingerprint density at radius 1 is 1.80 bits per heavy atom. The maximum Gasteiger partial charge on any atom is 1.00 e. The van der Waals surface area contributed by atoms with Crippen molar-refractivity contribution in [2.24, 2.45) is 0 Å². The minimum atomic E-state index is -1.27. The molecule has 0 N–H and O–H groups in total. The summed E-state index contributed by atoms with van der Waals surface area (Å²) < 4.78 is -1.27. The first-order chi connectivity index (χ1) is 1.73. The molecule has 0 rings (SSSR count). The summed E-state index contributed by atoms with van der Waals surface area (Å²) in [6.07, 6.45) is 0. The number of hydrogen-bond acceptors (Lipinski definition) is 2. The molecule has 0 aliphatic heterocycles. The van der Waals surface area contributed by atoms with E-state index >= 15 is 0 Å². The molecule has 0 atom stereocenters. The SMILES string of the molecule is O=[C]([O-])[Ag].[Ag+]. The van der Waals surface area contributed by atoms with Crippen LogP contribution in [0.2, 0.25) is 0 Å². The summed E-state index contributed by atoms with van der Waals surface area (Å²) in [6, 6.07) is 0. The van der Waals surface area contributed by atoms with Crippen LogP contribution in [0.1, 0.15) is 0 Å². The van der Waals surface area contributed by atoms with E-state index in [4.69, 9.17) is 9.90 Å². The summed E-state index contributed by atoms with van der Waals surface area (Å²) in [5.41, 5.74) is 0. The largest absolute Gasteiger partial charge is 1.00 e. The number of carboxylic acid groups (broad SMARTS) is 1. The molecular formula is CAg2O2. The van der Waals surface area contributed by atoms with E-state index in [1.165, 1.54) is 0 Å². The molecule has 0 saturated heterocycles. The van der Waals surface area contributed by atoms with Gasteiger partial charge in [-0.25, -0.2) is 0 Å². The fraction of sp³-hybridized carbons (Fsp3) is 0. The number of hydrogen-bond donors (Lipinski definition) is 0. The zero-order valence-electron chi connectivity index (χ0n) is 1.92. The molecule has 0 aliphatic carbocycles. The van der Waals surface area contributed by atoms with Crippen LogP contribution >= 0.6 is 0 Å².